The quantitative estimate of drug-likeness (QED) is 0.928. The third kappa shape index (κ3) is 3.46. The van der Waals surface area contributed by atoms with Gasteiger partial charge in [0.1, 0.15) is 23.9 Å². The molecule has 0 amide bonds. The van der Waals surface area contributed by atoms with Gasteiger partial charge in [0.2, 0.25) is 10.0 Å². The Bertz CT molecular complexity index is 805. The van der Waals surface area contributed by atoms with Gasteiger partial charge >= 0.3 is 0 Å². The van der Waals surface area contributed by atoms with Gasteiger partial charge < -0.3 is 9.47 Å². The van der Waals surface area contributed by atoms with E-state index < -0.39 is 21.9 Å². The van der Waals surface area contributed by atoms with Crippen molar-refractivity contribution in [2.75, 3.05) is 13.7 Å². The summed E-state index contributed by atoms with van der Waals surface area (Å²) in [5, 5.41) is 0. The lowest BCUT2D eigenvalue weighted by molar-refractivity contribution is 0.253. The molecular weight excluding hydrogens is 321 g/mol. The van der Waals surface area contributed by atoms with Crippen LogP contribution in [0.15, 0.2) is 47.4 Å². The molecule has 1 heterocycles. The molecule has 0 fully saturated rings. The van der Waals surface area contributed by atoms with Gasteiger partial charge in [-0.05, 0) is 54.4 Å². The predicted octanol–water partition coefficient (Wildman–Crippen LogP) is 2.12. The van der Waals surface area contributed by atoms with Gasteiger partial charge in [0, 0.05) is 0 Å². The maximum Gasteiger partial charge on any atom is 0.240 e. The normalized spacial score (nSPS) is 17.2. The van der Waals surface area contributed by atoms with Crippen LogP contribution in [0.5, 0.6) is 11.5 Å². The lowest BCUT2D eigenvalue weighted by atomic mass is 10.0. The summed E-state index contributed by atoms with van der Waals surface area (Å²) in [6.45, 7) is 0.236. The van der Waals surface area contributed by atoms with Gasteiger partial charge in [-0.15, -0.1) is 0 Å². The van der Waals surface area contributed by atoms with Gasteiger partial charge in [-0.2, -0.15) is 0 Å². The van der Waals surface area contributed by atoms with Crippen LogP contribution in [-0.2, 0) is 16.4 Å². The van der Waals surface area contributed by atoms with Crippen molar-refractivity contribution in [1.29, 1.82) is 0 Å². The fourth-order valence-electron chi connectivity index (χ4n) is 2.47. The van der Waals surface area contributed by atoms with Gasteiger partial charge in [0.25, 0.3) is 0 Å². The zero-order valence-electron chi connectivity index (χ0n) is 12.5. The van der Waals surface area contributed by atoms with E-state index in [1.807, 2.05) is 6.07 Å². The maximum absolute atomic E-state index is 12.9. The molecule has 0 radical (unpaired) electrons. The largest absolute Gasteiger partial charge is 0.497 e. The second kappa shape index (κ2) is 6.17. The van der Waals surface area contributed by atoms with Crippen molar-refractivity contribution in [3.8, 4) is 11.5 Å². The van der Waals surface area contributed by atoms with Crippen molar-refractivity contribution < 1.29 is 22.3 Å². The topological polar surface area (TPSA) is 64.6 Å². The fourth-order valence-corrected chi connectivity index (χ4v) is 3.70. The van der Waals surface area contributed by atoms with E-state index in [0.717, 1.165) is 23.4 Å². The van der Waals surface area contributed by atoms with Crippen LogP contribution in [0.3, 0.4) is 0 Å². The van der Waals surface area contributed by atoms with Crippen molar-refractivity contribution >= 4 is 10.0 Å². The van der Waals surface area contributed by atoms with Gasteiger partial charge in [0.15, 0.2) is 0 Å². The molecule has 0 unspecified atom stereocenters. The molecule has 5 nitrogen and oxygen atoms in total. The molecule has 2 aromatic carbocycles. The highest BCUT2D eigenvalue weighted by molar-refractivity contribution is 7.89. The van der Waals surface area contributed by atoms with Gasteiger partial charge in [-0.1, -0.05) is 0 Å². The SMILES string of the molecule is COc1ccc2c(c1)C[C@@H](NS(=O)(=O)c1ccc(F)cc1)CO2. The van der Waals surface area contributed by atoms with E-state index in [4.69, 9.17) is 9.47 Å². The molecule has 23 heavy (non-hydrogen) atoms. The first-order valence-electron chi connectivity index (χ1n) is 7.05. The zero-order valence-corrected chi connectivity index (χ0v) is 13.3. The molecule has 1 atom stereocenters. The molecule has 1 aliphatic heterocycles. The van der Waals surface area contributed by atoms with Crippen LogP contribution in [0, 0.1) is 5.82 Å². The van der Waals surface area contributed by atoms with Crippen LogP contribution < -0.4 is 14.2 Å². The maximum atomic E-state index is 12.9. The first-order chi connectivity index (χ1) is 11.0. The Morgan fingerprint density at radius 2 is 1.96 bits per heavy atom. The Hall–Kier alpha value is -2.12. The average molecular weight is 337 g/mol. The van der Waals surface area contributed by atoms with E-state index >= 15 is 0 Å². The predicted molar refractivity (Wildman–Crippen MR) is 82.7 cm³/mol. The molecule has 3 rings (SSSR count). The molecule has 1 aliphatic rings. The van der Waals surface area contributed by atoms with E-state index in [0.29, 0.717) is 12.2 Å². The number of nitrogens with one attached hydrogen (secondary N) is 1. The molecule has 0 saturated carbocycles. The molecule has 1 N–H and O–H groups in total. The summed E-state index contributed by atoms with van der Waals surface area (Å²) < 4.78 is 50.9. The molecule has 0 aliphatic carbocycles. The molecular formula is C16H16FNO4S. The van der Waals surface area contributed by atoms with Crippen LogP contribution >= 0.6 is 0 Å². The molecule has 7 heteroatoms. The molecule has 122 valence electrons. The number of benzene rings is 2. The summed E-state index contributed by atoms with van der Waals surface area (Å²) in [5.74, 6) is 0.934. The Morgan fingerprint density at radius 3 is 2.65 bits per heavy atom. The summed E-state index contributed by atoms with van der Waals surface area (Å²) in [6, 6.07) is 9.73. The van der Waals surface area contributed by atoms with E-state index in [2.05, 4.69) is 4.72 Å². The third-order valence-electron chi connectivity index (χ3n) is 3.62. The van der Waals surface area contributed by atoms with Crippen molar-refractivity contribution in [3.63, 3.8) is 0 Å². The summed E-state index contributed by atoms with van der Waals surface area (Å²) >= 11 is 0. The number of fused-ring (bicyclic) bond motifs is 1. The number of hydrogen-bond acceptors (Lipinski definition) is 4. The van der Waals surface area contributed by atoms with Crippen LogP contribution in [-0.4, -0.2) is 28.2 Å². The van der Waals surface area contributed by atoms with Gasteiger partial charge in [-0.3, -0.25) is 0 Å². The molecule has 0 aromatic heterocycles. The summed E-state index contributed by atoms with van der Waals surface area (Å²) in [7, 11) is -2.15. The van der Waals surface area contributed by atoms with E-state index in [1.165, 1.54) is 12.1 Å². The van der Waals surface area contributed by atoms with Gasteiger partial charge in [0.05, 0.1) is 18.0 Å². The standard InChI is InChI=1S/C16H16FNO4S/c1-21-14-4-7-16-11(9-14)8-13(10-22-16)18-23(19,20)15-5-2-12(17)3-6-15/h2-7,9,13,18H,8,10H2,1H3/t13-/m1/s1. The lowest BCUT2D eigenvalue weighted by Crippen LogP contribution is -2.42. The Balaban J connectivity index is 1.77. The number of halogens is 1. The monoisotopic (exact) mass is 337 g/mol. The summed E-state index contributed by atoms with van der Waals surface area (Å²) in [5.41, 5.74) is 0.877. The highest BCUT2D eigenvalue weighted by atomic mass is 32.2. The summed E-state index contributed by atoms with van der Waals surface area (Å²) in [6.07, 6.45) is 0.493. The average Bonchev–Trinajstić information content (AvgIpc) is 2.54. The molecule has 2 aromatic rings. The Labute approximate surface area is 134 Å². The van der Waals surface area contributed by atoms with Crippen molar-refractivity contribution in [2.45, 2.75) is 17.4 Å². The van der Waals surface area contributed by atoms with E-state index in [1.54, 1.807) is 19.2 Å². The third-order valence-corrected chi connectivity index (χ3v) is 5.16. The second-order valence-electron chi connectivity index (χ2n) is 5.26. The molecule has 0 spiro atoms. The number of sulfonamides is 1. The van der Waals surface area contributed by atoms with Crippen LogP contribution in [0.2, 0.25) is 0 Å². The van der Waals surface area contributed by atoms with Crippen LogP contribution in [0.4, 0.5) is 4.39 Å². The van der Waals surface area contributed by atoms with Crippen LogP contribution in [0.1, 0.15) is 5.56 Å². The number of rotatable bonds is 4. The first kappa shape index (κ1) is 15.8. The second-order valence-corrected chi connectivity index (χ2v) is 6.97. The van der Waals surface area contributed by atoms with E-state index in [-0.39, 0.29) is 11.5 Å². The number of ether oxygens (including phenoxy) is 2. The number of hydrogen-bond donors (Lipinski definition) is 1. The lowest BCUT2D eigenvalue weighted by Gasteiger charge is -2.26. The minimum Gasteiger partial charge on any atom is -0.497 e. The summed E-state index contributed by atoms with van der Waals surface area (Å²) in [4.78, 5) is 0.0235. The van der Waals surface area contributed by atoms with Crippen molar-refractivity contribution in [3.05, 3.63) is 53.8 Å². The van der Waals surface area contributed by atoms with Crippen molar-refractivity contribution in [1.82, 2.24) is 4.72 Å². The van der Waals surface area contributed by atoms with Crippen LogP contribution in [0.25, 0.3) is 0 Å². The fraction of sp³-hybridized carbons (Fsp3) is 0.250. The number of methoxy groups -OCH3 is 1. The molecule has 0 bridgehead atoms. The highest BCUT2D eigenvalue weighted by Gasteiger charge is 2.25. The smallest absolute Gasteiger partial charge is 0.240 e. The van der Waals surface area contributed by atoms with Crippen molar-refractivity contribution in [2.24, 2.45) is 0 Å². The Morgan fingerprint density at radius 1 is 1.22 bits per heavy atom. The van der Waals surface area contributed by atoms with E-state index in [9.17, 15) is 12.8 Å². The first-order valence-corrected chi connectivity index (χ1v) is 8.54. The van der Waals surface area contributed by atoms with Gasteiger partial charge in [-0.25, -0.2) is 17.5 Å². The highest BCUT2D eigenvalue weighted by Crippen LogP contribution is 2.29. The minimum absolute atomic E-state index is 0.0235. The zero-order chi connectivity index (χ0) is 16.4. The molecule has 0 saturated heterocycles. The minimum atomic E-state index is -3.72. The Kier molecular flexibility index (Phi) is 4.23.